The van der Waals surface area contributed by atoms with E-state index in [1.54, 1.807) is 19.1 Å². The predicted molar refractivity (Wildman–Crippen MR) is 61.2 cm³/mol. The Morgan fingerprint density at radius 3 is 3.00 bits per heavy atom. The lowest BCUT2D eigenvalue weighted by Gasteiger charge is -2.05. The van der Waals surface area contributed by atoms with Crippen LogP contribution in [0.1, 0.15) is 22.8 Å². The molecule has 0 bridgehead atoms. The quantitative estimate of drug-likeness (QED) is 0.557. The van der Waals surface area contributed by atoms with Gasteiger partial charge in [0.05, 0.1) is 18.8 Å². The van der Waals surface area contributed by atoms with Gasteiger partial charge in [-0.05, 0) is 24.6 Å². The number of hydrogen-bond donors (Lipinski definition) is 2. The lowest BCUT2D eigenvalue weighted by Crippen LogP contribution is -2.17. The first-order chi connectivity index (χ1) is 7.77. The van der Waals surface area contributed by atoms with Crippen molar-refractivity contribution in [2.75, 3.05) is 19.8 Å². The van der Waals surface area contributed by atoms with Crippen molar-refractivity contribution in [1.82, 2.24) is 5.32 Å². The molecule has 0 aromatic heterocycles. The van der Waals surface area contributed by atoms with Crippen LogP contribution >= 0.6 is 0 Å². The average molecular weight is 223 g/mol. The Hall–Kier alpha value is -1.39. The summed E-state index contributed by atoms with van der Waals surface area (Å²) in [7, 11) is 0. The summed E-state index contributed by atoms with van der Waals surface area (Å²) in [6.07, 6.45) is 0. The van der Waals surface area contributed by atoms with Gasteiger partial charge in [-0.1, -0.05) is 12.1 Å². The highest BCUT2D eigenvalue weighted by Crippen LogP contribution is 2.06. The molecule has 0 saturated heterocycles. The number of hydrogen-bond acceptors (Lipinski definition) is 4. The summed E-state index contributed by atoms with van der Waals surface area (Å²) in [4.78, 5) is 11.4. The van der Waals surface area contributed by atoms with Crippen LogP contribution in [0.4, 0.5) is 0 Å². The third-order valence-electron chi connectivity index (χ3n) is 2.06. The first kappa shape index (κ1) is 12.7. The monoisotopic (exact) mass is 223 g/mol. The molecule has 0 heterocycles. The first-order valence-electron chi connectivity index (χ1n) is 5.35. The van der Waals surface area contributed by atoms with Gasteiger partial charge >= 0.3 is 5.97 Å². The van der Waals surface area contributed by atoms with Crippen LogP contribution in [-0.2, 0) is 11.3 Å². The largest absolute Gasteiger partial charge is 0.462 e. The van der Waals surface area contributed by atoms with Crippen LogP contribution < -0.4 is 5.32 Å². The number of ether oxygens (including phenoxy) is 1. The second kappa shape index (κ2) is 6.98. The lowest BCUT2D eigenvalue weighted by atomic mass is 10.1. The molecule has 0 amide bonds. The Kier molecular flexibility index (Phi) is 5.53. The molecule has 0 unspecified atom stereocenters. The van der Waals surface area contributed by atoms with E-state index in [1.165, 1.54) is 0 Å². The lowest BCUT2D eigenvalue weighted by molar-refractivity contribution is 0.0526. The summed E-state index contributed by atoms with van der Waals surface area (Å²) in [5.41, 5.74) is 1.56. The Bertz CT molecular complexity index is 339. The van der Waals surface area contributed by atoms with Crippen LogP contribution in [-0.4, -0.2) is 30.8 Å². The normalized spacial score (nSPS) is 10.1. The number of rotatable bonds is 6. The van der Waals surface area contributed by atoms with Crippen LogP contribution in [0.15, 0.2) is 24.3 Å². The second-order valence-corrected chi connectivity index (χ2v) is 3.32. The van der Waals surface area contributed by atoms with Gasteiger partial charge in [-0.2, -0.15) is 0 Å². The van der Waals surface area contributed by atoms with Crippen molar-refractivity contribution in [3.05, 3.63) is 35.4 Å². The van der Waals surface area contributed by atoms with E-state index in [1.807, 2.05) is 12.1 Å². The highest BCUT2D eigenvalue weighted by atomic mass is 16.5. The number of esters is 1. The minimum Gasteiger partial charge on any atom is -0.462 e. The number of carbonyl (C=O) groups excluding carboxylic acids is 1. The molecule has 0 fully saturated rings. The summed E-state index contributed by atoms with van der Waals surface area (Å²) in [6, 6.07) is 7.27. The van der Waals surface area contributed by atoms with E-state index in [-0.39, 0.29) is 12.6 Å². The molecular formula is C12H17NO3. The fraction of sp³-hybridized carbons (Fsp3) is 0.417. The molecule has 0 spiro atoms. The third kappa shape index (κ3) is 4.00. The zero-order valence-electron chi connectivity index (χ0n) is 9.40. The maximum absolute atomic E-state index is 11.4. The average Bonchev–Trinajstić information content (AvgIpc) is 2.30. The van der Waals surface area contributed by atoms with Crippen LogP contribution in [0.5, 0.6) is 0 Å². The van der Waals surface area contributed by atoms with E-state index in [4.69, 9.17) is 9.84 Å². The smallest absolute Gasteiger partial charge is 0.338 e. The van der Waals surface area contributed by atoms with E-state index < -0.39 is 0 Å². The van der Waals surface area contributed by atoms with Gasteiger partial charge in [0.1, 0.15) is 0 Å². The molecule has 0 aliphatic heterocycles. The highest BCUT2D eigenvalue weighted by Gasteiger charge is 2.06. The zero-order chi connectivity index (χ0) is 11.8. The van der Waals surface area contributed by atoms with Gasteiger partial charge in [-0.25, -0.2) is 4.79 Å². The summed E-state index contributed by atoms with van der Waals surface area (Å²) in [6.45, 7) is 3.45. The summed E-state index contributed by atoms with van der Waals surface area (Å²) < 4.78 is 4.91. The first-order valence-corrected chi connectivity index (χ1v) is 5.35. The van der Waals surface area contributed by atoms with Crippen molar-refractivity contribution in [2.24, 2.45) is 0 Å². The van der Waals surface area contributed by atoms with Crippen molar-refractivity contribution in [3.8, 4) is 0 Å². The van der Waals surface area contributed by atoms with Gasteiger partial charge in [0.25, 0.3) is 0 Å². The molecule has 0 aliphatic carbocycles. The number of aliphatic hydroxyl groups excluding tert-OH is 1. The van der Waals surface area contributed by atoms with Gasteiger partial charge in [0, 0.05) is 13.1 Å². The minimum atomic E-state index is -0.300. The minimum absolute atomic E-state index is 0.109. The molecule has 0 radical (unpaired) electrons. The summed E-state index contributed by atoms with van der Waals surface area (Å²) in [5, 5.41) is 11.7. The Morgan fingerprint density at radius 2 is 2.31 bits per heavy atom. The number of benzene rings is 1. The number of carbonyl (C=O) groups is 1. The molecule has 1 rings (SSSR count). The van der Waals surface area contributed by atoms with E-state index in [2.05, 4.69) is 5.32 Å². The second-order valence-electron chi connectivity index (χ2n) is 3.32. The van der Waals surface area contributed by atoms with Gasteiger partial charge < -0.3 is 15.2 Å². The summed E-state index contributed by atoms with van der Waals surface area (Å²) >= 11 is 0. The fourth-order valence-corrected chi connectivity index (χ4v) is 1.33. The third-order valence-corrected chi connectivity index (χ3v) is 2.06. The highest BCUT2D eigenvalue weighted by molar-refractivity contribution is 5.89. The van der Waals surface area contributed by atoms with Gasteiger partial charge in [0.2, 0.25) is 0 Å². The number of nitrogens with one attached hydrogen (secondary N) is 1. The van der Waals surface area contributed by atoms with Crippen molar-refractivity contribution in [3.63, 3.8) is 0 Å². The molecule has 0 saturated carbocycles. The molecule has 1 aromatic rings. The fourth-order valence-electron chi connectivity index (χ4n) is 1.33. The topological polar surface area (TPSA) is 58.6 Å². The van der Waals surface area contributed by atoms with Crippen LogP contribution in [0, 0.1) is 0 Å². The van der Waals surface area contributed by atoms with Gasteiger partial charge in [-0.3, -0.25) is 0 Å². The molecule has 0 atom stereocenters. The van der Waals surface area contributed by atoms with Crippen LogP contribution in [0.3, 0.4) is 0 Å². The molecular weight excluding hydrogens is 206 g/mol. The van der Waals surface area contributed by atoms with E-state index in [0.29, 0.717) is 25.3 Å². The van der Waals surface area contributed by atoms with E-state index in [0.717, 1.165) is 5.56 Å². The van der Waals surface area contributed by atoms with Crippen LogP contribution in [0.2, 0.25) is 0 Å². The van der Waals surface area contributed by atoms with E-state index in [9.17, 15) is 4.79 Å². The predicted octanol–water partition coefficient (Wildman–Crippen LogP) is 0.945. The van der Waals surface area contributed by atoms with E-state index >= 15 is 0 Å². The zero-order valence-corrected chi connectivity index (χ0v) is 9.40. The van der Waals surface area contributed by atoms with Crippen LogP contribution in [0.25, 0.3) is 0 Å². The molecule has 0 aliphatic rings. The Labute approximate surface area is 95.2 Å². The van der Waals surface area contributed by atoms with Crippen molar-refractivity contribution >= 4 is 5.97 Å². The number of aliphatic hydroxyl groups is 1. The Balaban J connectivity index is 2.60. The Morgan fingerprint density at radius 1 is 1.50 bits per heavy atom. The SMILES string of the molecule is CCOC(=O)c1cccc(CNCCO)c1. The standard InChI is InChI=1S/C12H17NO3/c1-2-16-12(15)11-5-3-4-10(8-11)9-13-6-7-14/h3-5,8,13-14H,2,6-7,9H2,1H3. The van der Waals surface area contributed by atoms with Gasteiger partial charge in [-0.15, -0.1) is 0 Å². The van der Waals surface area contributed by atoms with Crippen molar-refractivity contribution in [1.29, 1.82) is 0 Å². The molecule has 1 aromatic carbocycles. The molecule has 16 heavy (non-hydrogen) atoms. The van der Waals surface area contributed by atoms with Gasteiger partial charge in [0.15, 0.2) is 0 Å². The molecule has 4 heteroatoms. The summed E-state index contributed by atoms with van der Waals surface area (Å²) in [5.74, 6) is -0.300. The maximum Gasteiger partial charge on any atom is 0.338 e. The molecule has 2 N–H and O–H groups in total. The molecule has 88 valence electrons. The van der Waals surface area contributed by atoms with Crippen molar-refractivity contribution < 1.29 is 14.6 Å². The van der Waals surface area contributed by atoms with Crippen molar-refractivity contribution in [2.45, 2.75) is 13.5 Å². The molecule has 4 nitrogen and oxygen atoms in total. The maximum atomic E-state index is 11.4.